The van der Waals surface area contributed by atoms with E-state index >= 15 is 0 Å². The molecule has 1 aromatic heterocycles. The Balaban J connectivity index is 1.65. The van der Waals surface area contributed by atoms with Crippen LogP contribution in [0.1, 0.15) is 43.6 Å². The van der Waals surface area contributed by atoms with Crippen LogP contribution >= 0.6 is 0 Å². The molecule has 3 rings (SSSR count). The van der Waals surface area contributed by atoms with Crippen LogP contribution in [0.15, 0.2) is 41.0 Å². The molecule has 0 aliphatic carbocycles. The van der Waals surface area contributed by atoms with Crippen molar-refractivity contribution in [3.63, 3.8) is 0 Å². The van der Waals surface area contributed by atoms with Crippen molar-refractivity contribution in [2.45, 2.75) is 38.8 Å². The summed E-state index contributed by atoms with van der Waals surface area (Å²) in [4.78, 5) is 2.16. The topological polar surface area (TPSA) is 28.4 Å². The third-order valence-electron chi connectivity index (χ3n) is 4.33. The first-order valence-corrected chi connectivity index (χ1v) is 8.04. The lowest BCUT2D eigenvalue weighted by Gasteiger charge is -2.29. The van der Waals surface area contributed by atoms with Crippen molar-refractivity contribution < 1.29 is 8.81 Å². The minimum absolute atomic E-state index is 0.0787. The smallest absolute Gasteiger partial charge is 0.146 e. The normalized spacial score (nSPS) is 16.7. The molecule has 2 heterocycles. The number of piperidine rings is 1. The largest absolute Gasteiger partial charge is 0.468 e. The van der Waals surface area contributed by atoms with Gasteiger partial charge in [-0.15, -0.1) is 0 Å². The number of nitrogens with zero attached hydrogens (tertiary/aromatic N) is 1. The van der Waals surface area contributed by atoms with E-state index in [2.05, 4.69) is 10.2 Å². The van der Waals surface area contributed by atoms with Gasteiger partial charge in [0.2, 0.25) is 0 Å². The summed E-state index contributed by atoms with van der Waals surface area (Å²) in [6, 6.07) is 9.47. The molecule has 3 nitrogen and oxygen atoms in total. The van der Waals surface area contributed by atoms with E-state index in [4.69, 9.17) is 4.42 Å². The van der Waals surface area contributed by atoms with Gasteiger partial charge in [-0.2, -0.15) is 0 Å². The molecule has 1 fully saturated rings. The fourth-order valence-electron chi connectivity index (χ4n) is 2.97. The first-order chi connectivity index (χ1) is 10.7. The molecule has 0 spiro atoms. The second-order valence-corrected chi connectivity index (χ2v) is 5.94. The molecule has 1 N–H and O–H groups in total. The summed E-state index contributed by atoms with van der Waals surface area (Å²) in [5.41, 5.74) is 1.70. The zero-order chi connectivity index (χ0) is 15.4. The van der Waals surface area contributed by atoms with Gasteiger partial charge in [0.25, 0.3) is 0 Å². The van der Waals surface area contributed by atoms with Gasteiger partial charge in [0, 0.05) is 19.1 Å². The maximum Gasteiger partial charge on any atom is 0.146 e. The summed E-state index contributed by atoms with van der Waals surface area (Å²) in [7, 11) is 0. The molecule has 1 aromatic carbocycles. The predicted molar refractivity (Wildman–Crippen MR) is 86.4 cm³/mol. The van der Waals surface area contributed by atoms with E-state index in [1.54, 1.807) is 12.3 Å². The van der Waals surface area contributed by atoms with Gasteiger partial charge in [0.1, 0.15) is 11.6 Å². The Morgan fingerprint density at radius 1 is 1.23 bits per heavy atom. The summed E-state index contributed by atoms with van der Waals surface area (Å²) in [6.45, 7) is 4.60. The third kappa shape index (κ3) is 3.50. The van der Waals surface area contributed by atoms with Crippen molar-refractivity contribution in [1.29, 1.82) is 0 Å². The highest BCUT2D eigenvalue weighted by molar-refractivity contribution is 5.49. The Morgan fingerprint density at radius 3 is 2.73 bits per heavy atom. The van der Waals surface area contributed by atoms with Gasteiger partial charge in [-0.25, -0.2) is 4.39 Å². The minimum atomic E-state index is -0.119. The van der Waals surface area contributed by atoms with Gasteiger partial charge in [0.05, 0.1) is 18.5 Å². The van der Waals surface area contributed by atoms with Crippen molar-refractivity contribution in [3.8, 4) is 0 Å². The molecular formula is C18H23FN2O. The van der Waals surface area contributed by atoms with E-state index in [0.29, 0.717) is 6.54 Å². The Morgan fingerprint density at radius 2 is 2.05 bits per heavy atom. The highest BCUT2D eigenvalue weighted by Crippen LogP contribution is 2.26. The van der Waals surface area contributed by atoms with Crippen LogP contribution in [0.25, 0.3) is 0 Å². The highest BCUT2D eigenvalue weighted by Gasteiger charge is 2.16. The second-order valence-electron chi connectivity index (χ2n) is 5.94. The van der Waals surface area contributed by atoms with Crippen LogP contribution < -0.4 is 10.2 Å². The van der Waals surface area contributed by atoms with Gasteiger partial charge in [-0.05, 0) is 56.0 Å². The molecule has 2 aromatic rings. The quantitative estimate of drug-likeness (QED) is 0.894. The van der Waals surface area contributed by atoms with Crippen LogP contribution in [0.2, 0.25) is 0 Å². The lowest BCUT2D eigenvalue weighted by molar-refractivity contribution is 0.459. The highest BCUT2D eigenvalue weighted by atomic mass is 19.1. The summed E-state index contributed by atoms with van der Waals surface area (Å²) < 4.78 is 19.7. The number of benzene rings is 1. The zero-order valence-electron chi connectivity index (χ0n) is 13.0. The average Bonchev–Trinajstić information content (AvgIpc) is 3.07. The van der Waals surface area contributed by atoms with Crippen molar-refractivity contribution in [2.75, 3.05) is 18.0 Å². The maximum atomic E-state index is 14.4. The fourth-order valence-corrected chi connectivity index (χ4v) is 2.97. The van der Waals surface area contributed by atoms with Gasteiger partial charge >= 0.3 is 0 Å². The summed E-state index contributed by atoms with van der Waals surface area (Å²) in [5.74, 6) is 0.767. The number of nitrogens with one attached hydrogen (secondary N) is 1. The third-order valence-corrected chi connectivity index (χ3v) is 4.33. The van der Waals surface area contributed by atoms with E-state index in [1.807, 2.05) is 31.2 Å². The number of anilines is 1. The van der Waals surface area contributed by atoms with E-state index in [9.17, 15) is 4.39 Å². The Labute approximate surface area is 131 Å². The summed E-state index contributed by atoms with van der Waals surface area (Å²) in [6.07, 6.45) is 5.23. The van der Waals surface area contributed by atoms with Crippen LogP contribution in [0.3, 0.4) is 0 Å². The maximum absolute atomic E-state index is 14.4. The molecule has 0 amide bonds. The van der Waals surface area contributed by atoms with E-state index < -0.39 is 0 Å². The molecule has 1 atom stereocenters. The average molecular weight is 302 g/mol. The van der Waals surface area contributed by atoms with Gasteiger partial charge in [-0.1, -0.05) is 6.07 Å². The molecule has 118 valence electrons. The Kier molecular flexibility index (Phi) is 4.78. The number of hydrogen-bond donors (Lipinski definition) is 1. The lowest BCUT2D eigenvalue weighted by atomic mass is 10.1. The van der Waals surface area contributed by atoms with E-state index in [-0.39, 0.29) is 11.9 Å². The van der Waals surface area contributed by atoms with Crippen molar-refractivity contribution in [2.24, 2.45) is 0 Å². The number of furan rings is 1. The van der Waals surface area contributed by atoms with Crippen LogP contribution in [0.4, 0.5) is 10.1 Å². The number of hydrogen-bond acceptors (Lipinski definition) is 3. The molecule has 0 unspecified atom stereocenters. The van der Waals surface area contributed by atoms with Crippen molar-refractivity contribution in [1.82, 2.24) is 5.32 Å². The van der Waals surface area contributed by atoms with Crippen LogP contribution in [-0.2, 0) is 6.54 Å². The monoisotopic (exact) mass is 302 g/mol. The summed E-state index contributed by atoms with van der Waals surface area (Å²) in [5, 5.41) is 3.35. The predicted octanol–water partition coefficient (Wildman–Crippen LogP) is 4.26. The zero-order valence-corrected chi connectivity index (χ0v) is 13.0. The van der Waals surface area contributed by atoms with Gasteiger partial charge in [-0.3, -0.25) is 0 Å². The molecule has 0 saturated carbocycles. The van der Waals surface area contributed by atoms with Crippen LogP contribution in [0, 0.1) is 5.82 Å². The molecular weight excluding hydrogens is 279 g/mol. The van der Waals surface area contributed by atoms with Gasteiger partial charge < -0.3 is 14.6 Å². The first-order valence-electron chi connectivity index (χ1n) is 8.04. The van der Waals surface area contributed by atoms with Crippen LogP contribution in [0.5, 0.6) is 0 Å². The minimum Gasteiger partial charge on any atom is -0.468 e. The SMILES string of the molecule is C[C@@H](NCc1ccco1)c1ccc(N2CCCCC2)c(F)c1. The lowest BCUT2D eigenvalue weighted by Crippen LogP contribution is -2.30. The summed E-state index contributed by atoms with van der Waals surface area (Å²) >= 11 is 0. The van der Waals surface area contributed by atoms with E-state index in [0.717, 1.165) is 42.9 Å². The standard InChI is InChI=1S/C18H23FN2O/c1-14(20-13-16-6-5-11-22-16)15-7-8-18(17(19)12-15)21-9-3-2-4-10-21/h5-8,11-12,14,20H,2-4,9-10,13H2,1H3/t14-/m1/s1. The molecule has 1 aliphatic heterocycles. The van der Waals surface area contributed by atoms with Gasteiger partial charge in [0.15, 0.2) is 0 Å². The van der Waals surface area contributed by atoms with E-state index in [1.165, 1.54) is 6.42 Å². The fraction of sp³-hybridized carbons (Fsp3) is 0.444. The Bertz CT molecular complexity index is 591. The first kappa shape index (κ1) is 15.1. The molecule has 0 bridgehead atoms. The molecule has 4 heteroatoms. The number of rotatable bonds is 5. The second kappa shape index (κ2) is 6.97. The Hall–Kier alpha value is -1.81. The molecule has 22 heavy (non-hydrogen) atoms. The van der Waals surface area contributed by atoms with Crippen molar-refractivity contribution in [3.05, 3.63) is 53.7 Å². The molecule has 0 radical (unpaired) electrons. The number of halogens is 1. The van der Waals surface area contributed by atoms with Crippen molar-refractivity contribution >= 4 is 5.69 Å². The molecule has 1 aliphatic rings. The van der Waals surface area contributed by atoms with Crippen LogP contribution in [-0.4, -0.2) is 13.1 Å². The molecule has 1 saturated heterocycles.